The SMILES string of the molecule is Cc1[nH]c2cccc(OCC3CO3)c2c1C. The molecular formula is C13H15NO2. The van der Waals surface area contributed by atoms with E-state index in [9.17, 15) is 0 Å². The maximum Gasteiger partial charge on any atom is 0.129 e. The normalized spacial score (nSPS) is 19.0. The van der Waals surface area contributed by atoms with Crippen LogP contribution in [0.3, 0.4) is 0 Å². The van der Waals surface area contributed by atoms with E-state index in [1.54, 1.807) is 0 Å². The zero-order valence-electron chi connectivity index (χ0n) is 9.54. The molecule has 1 aromatic carbocycles. The maximum atomic E-state index is 5.79. The van der Waals surface area contributed by atoms with Crippen molar-refractivity contribution < 1.29 is 9.47 Å². The average molecular weight is 217 g/mol. The minimum absolute atomic E-state index is 0.301. The average Bonchev–Trinajstić information content (AvgIpc) is 3.05. The number of H-pyrrole nitrogens is 1. The van der Waals surface area contributed by atoms with Gasteiger partial charge < -0.3 is 14.5 Å². The van der Waals surface area contributed by atoms with E-state index in [0.717, 1.165) is 17.9 Å². The summed E-state index contributed by atoms with van der Waals surface area (Å²) in [7, 11) is 0. The molecule has 2 heterocycles. The number of aromatic nitrogens is 1. The quantitative estimate of drug-likeness (QED) is 0.802. The minimum Gasteiger partial charge on any atom is -0.490 e. The Hall–Kier alpha value is -1.48. The van der Waals surface area contributed by atoms with Crippen LogP contribution >= 0.6 is 0 Å². The molecule has 1 aromatic heterocycles. The smallest absolute Gasteiger partial charge is 0.129 e. The molecule has 3 nitrogen and oxygen atoms in total. The van der Waals surface area contributed by atoms with Crippen LogP contribution in [0.4, 0.5) is 0 Å². The molecule has 0 saturated carbocycles. The highest BCUT2D eigenvalue weighted by molar-refractivity contribution is 5.90. The Labute approximate surface area is 94.4 Å². The lowest BCUT2D eigenvalue weighted by Crippen LogP contribution is -2.04. The molecule has 0 aliphatic carbocycles. The summed E-state index contributed by atoms with van der Waals surface area (Å²) < 4.78 is 10.9. The number of rotatable bonds is 3. The van der Waals surface area contributed by atoms with Crippen LogP contribution in [0.15, 0.2) is 18.2 Å². The van der Waals surface area contributed by atoms with E-state index >= 15 is 0 Å². The van der Waals surface area contributed by atoms with E-state index in [-0.39, 0.29) is 0 Å². The number of aryl methyl sites for hydroxylation is 2. The Balaban J connectivity index is 2.01. The van der Waals surface area contributed by atoms with Gasteiger partial charge in [-0.3, -0.25) is 0 Å². The number of ether oxygens (including phenoxy) is 2. The monoisotopic (exact) mass is 217 g/mol. The topological polar surface area (TPSA) is 37.5 Å². The summed E-state index contributed by atoms with van der Waals surface area (Å²) in [5, 5.41) is 1.20. The number of nitrogens with one attached hydrogen (secondary N) is 1. The fourth-order valence-electron chi connectivity index (χ4n) is 1.97. The van der Waals surface area contributed by atoms with Gasteiger partial charge in [0, 0.05) is 16.6 Å². The van der Waals surface area contributed by atoms with Crippen LogP contribution in [-0.4, -0.2) is 24.3 Å². The van der Waals surface area contributed by atoms with Crippen molar-refractivity contribution in [3.05, 3.63) is 29.5 Å². The second kappa shape index (κ2) is 3.52. The van der Waals surface area contributed by atoms with Gasteiger partial charge in [0.1, 0.15) is 18.5 Å². The Morgan fingerprint density at radius 2 is 2.25 bits per heavy atom. The van der Waals surface area contributed by atoms with Gasteiger partial charge in [0.15, 0.2) is 0 Å². The number of epoxide rings is 1. The molecule has 1 unspecified atom stereocenters. The van der Waals surface area contributed by atoms with Crippen LogP contribution in [0, 0.1) is 13.8 Å². The molecule has 0 amide bonds. The van der Waals surface area contributed by atoms with E-state index in [1.807, 2.05) is 12.1 Å². The lowest BCUT2D eigenvalue weighted by Gasteiger charge is -2.06. The molecule has 3 heteroatoms. The minimum atomic E-state index is 0.301. The first kappa shape index (κ1) is 9.73. The molecule has 84 valence electrons. The fourth-order valence-corrected chi connectivity index (χ4v) is 1.97. The molecule has 0 radical (unpaired) electrons. The Morgan fingerprint density at radius 3 is 3.00 bits per heavy atom. The number of aromatic amines is 1. The number of hydrogen-bond acceptors (Lipinski definition) is 2. The number of benzene rings is 1. The molecule has 0 spiro atoms. The van der Waals surface area contributed by atoms with Crippen LogP contribution in [0.1, 0.15) is 11.3 Å². The zero-order chi connectivity index (χ0) is 11.1. The van der Waals surface area contributed by atoms with E-state index < -0.39 is 0 Å². The van der Waals surface area contributed by atoms with Gasteiger partial charge in [-0.15, -0.1) is 0 Å². The maximum absolute atomic E-state index is 5.79. The van der Waals surface area contributed by atoms with Crippen molar-refractivity contribution in [2.45, 2.75) is 20.0 Å². The van der Waals surface area contributed by atoms with Crippen LogP contribution in [0.5, 0.6) is 5.75 Å². The lowest BCUT2D eigenvalue weighted by molar-refractivity contribution is 0.265. The first-order valence-corrected chi connectivity index (χ1v) is 5.58. The van der Waals surface area contributed by atoms with Gasteiger partial charge in [0.2, 0.25) is 0 Å². The summed E-state index contributed by atoms with van der Waals surface area (Å²) in [6.45, 7) is 5.70. The Kier molecular flexibility index (Phi) is 2.14. The third-order valence-corrected chi connectivity index (χ3v) is 3.11. The third-order valence-electron chi connectivity index (χ3n) is 3.11. The highest BCUT2D eigenvalue weighted by Gasteiger charge is 2.23. The molecular weight excluding hydrogens is 202 g/mol. The van der Waals surface area contributed by atoms with E-state index in [1.165, 1.54) is 16.6 Å². The van der Waals surface area contributed by atoms with Crippen LogP contribution in [0.2, 0.25) is 0 Å². The van der Waals surface area contributed by atoms with Gasteiger partial charge in [-0.2, -0.15) is 0 Å². The number of hydrogen-bond donors (Lipinski definition) is 1. The van der Waals surface area contributed by atoms with E-state index in [2.05, 4.69) is 24.9 Å². The van der Waals surface area contributed by atoms with Crippen molar-refractivity contribution in [3.63, 3.8) is 0 Å². The van der Waals surface area contributed by atoms with Crippen molar-refractivity contribution in [1.29, 1.82) is 0 Å². The third kappa shape index (κ3) is 1.57. The first-order valence-electron chi connectivity index (χ1n) is 5.58. The van der Waals surface area contributed by atoms with Gasteiger partial charge in [-0.25, -0.2) is 0 Å². The van der Waals surface area contributed by atoms with Crippen molar-refractivity contribution in [1.82, 2.24) is 4.98 Å². The van der Waals surface area contributed by atoms with Crippen molar-refractivity contribution in [2.75, 3.05) is 13.2 Å². The summed E-state index contributed by atoms with van der Waals surface area (Å²) in [6, 6.07) is 6.11. The van der Waals surface area contributed by atoms with Gasteiger partial charge >= 0.3 is 0 Å². The first-order chi connectivity index (χ1) is 7.75. The van der Waals surface area contributed by atoms with E-state index in [4.69, 9.17) is 9.47 Å². The molecule has 2 aromatic rings. The summed E-state index contributed by atoms with van der Waals surface area (Å²) in [5.41, 5.74) is 3.61. The molecule has 1 atom stereocenters. The van der Waals surface area contributed by atoms with Gasteiger partial charge in [0.05, 0.1) is 6.61 Å². The van der Waals surface area contributed by atoms with Gasteiger partial charge in [-0.1, -0.05) is 6.07 Å². The molecule has 3 rings (SSSR count). The van der Waals surface area contributed by atoms with Crippen LogP contribution in [0.25, 0.3) is 10.9 Å². The molecule has 1 fully saturated rings. The van der Waals surface area contributed by atoms with Gasteiger partial charge in [-0.05, 0) is 31.5 Å². The van der Waals surface area contributed by atoms with Crippen LogP contribution < -0.4 is 4.74 Å². The second-order valence-electron chi connectivity index (χ2n) is 4.32. The molecule has 1 saturated heterocycles. The fraction of sp³-hybridized carbons (Fsp3) is 0.385. The summed E-state index contributed by atoms with van der Waals surface area (Å²) in [4.78, 5) is 3.36. The summed E-state index contributed by atoms with van der Waals surface area (Å²) >= 11 is 0. The zero-order valence-corrected chi connectivity index (χ0v) is 9.54. The molecule has 1 aliphatic heterocycles. The van der Waals surface area contributed by atoms with Crippen molar-refractivity contribution in [2.24, 2.45) is 0 Å². The molecule has 1 aliphatic rings. The predicted octanol–water partition coefficient (Wildman–Crippen LogP) is 2.56. The molecule has 0 bridgehead atoms. The van der Waals surface area contributed by atoms with Crippen LogP contribution in [-0.2, 0) is 4.74 Å². The highest BCUT2D eigenvalue weighted by atomic mass is 16.6. The lowest BCUT2D eigenvalue weighted by atomic mass is 10.1. The highest BCUT2D eigenvalue weighted by Crippen LogP contribution is 2.30. The molecule has 1 N–H and O–H groups in total. The number of fused-ring (bicyclic) bond motifs is 1. The summed E-state index contributed by atoms with van der Waals surface area (Å²) in [6.07, 6.45) is 0.301. The van der Waals surface area contributed by atoms with Crippen molar-refractivity contribution >= 4 is 10.9 Å². The standard InChI is InChI=1S/C13H15NO2/c1-8-9(2)14-11-4-3-5-12(13(8)11)16-7-10-6-15-10/h3-5,10,14H,6-7H2,1-2H3. The second-order valence-corrected chi connectivity index (χ2v) is 4.32. The van der Waals surface area contributed by atoms with Crippen molar-refractivity contribution in [3.8, 4) is 5.75 Å². The Morgan fingerprint density at radius 1 is 1.44 bits per heavy atom. The van der Waals surface area contributed by atoms with Gasteiger partial charge in [0.25, 0.3) is 0 Å². The predicted molar refractivity (Wildman–Crippen MR) is 63.0 cm³/mol. The largest absolute Gasteiger partial charge is 0.490 e. The van der Waals surface area contributed by atoms with E-state index in [0.29, 0.717) is 12.7 Å². The molecule has 16 heavy (non-hydrogen) atoms. The summed E-state index contributed by atoms with van der Waals surface area (Å²) in [5.74, 6) is 0.954. The Bertz CT molecular complexity index is 526.